The van der Waals surface area contributed by atoms with Crippen LogP contribution in [0.15, 0.2) is 53.4 Å². The standard InChI is InChI=1S/C20H24N2O5S/c1-5-27-17-9-7-6-8-15(17)10-13-20(23)21-16-11-12-18(26-4)19(14-16)28(24,25)22(2)3/h6-14H,5H2,1-4H3,(H,21,23)/b13-10+. The summed E-state index contributed by atoms with van der Waals surface area (Å²) in [5, 5.41) is 2.66. The van der Waals surface area contributed by atoms with Crippen molar-refractivity contribution in [3.8, 4) is 11.5 Å². The first kappa shape index (κ1) is 21.5. The van der Waals surface area contributed by atoms with E-state index in [-0.39, 0.29) is 10.6 Å². The van der Waals surface area contributed by atoms with Gasteiger partial charge in [0.2, 0.25) is 15.9 Å². The van der Waals surface area contributed by atoms with Crippen molar-refractivity contribution in [2.24, 2.45) is 0 Å². The summed E-state index contributed by atoms with van der Waals surface area (Å²) in [7, 11) is 0.525. The summed E-state index contributed by atoms with van der Waals surface area (Å²) in [5.41, 5.74) is 1.11. The zero-order chi connectivity index (χ0) is 20.7. The van der Waals surface area contributed by atoms with E-state index in [4.69, 9.17) is 9.47 Å². The third-order valence-corrected chi connectivity index (χ3v) is 5.66. The van der Waals surface area contributed by atoms with Crippen molar-refractivity contribution in [1.29, 1.82) is 0 Å². The van der Waals surface area contributed by atoms with E-state index in [9.17, 15) is 13.2 Å². The normalized spacial score (nSPS) is 11.6. The second-order valence-corrected chi connectivity index (χ2v) is 8.07. The lowest BCUT2D eigenvalue weighted by Crippen LogP contribution is -2.23. The highest BCUT2D eigenvalue weighted by atomic mass is 32.2. The molecule has 0 aliphatic heterocycles. The Morgan fingerprint density at radius 3 is 2.50 bits per heavy atom. The van der Waals surface area contributed by atoms with Crippen molar-refractivity contribution in [3.63, 3.8) is 0 Å². The molecule has 0 aromatic heterocycles. The van der Waals surface area contributed by atoms with Crippen molar-refractivity contribution in [2.45, 2.75) is 11.8 Å². The van der Waals surface area contributed by atoms with Crippen LogP contribution in [-0.4, -0.2) is 46.4 Å². The van der Waals surface area contributed by atoms with Crippen molar-refractivity contribution in [3.05, 3.63) is 54.1 Å². The first-order valence-electron chi connectivity index (χ1n) is 8.61. The second-order valence-electron chi connectivity index (χ2n) is 5.95. The van der Waals surface area contributed by atoms with Crippen LogP contribution in [0.1, 0.15) is 12.5 Å². The number of ether oxygens (including phenoxy) is 2. The molecule has 7 nitrogen and oxygen atoms in total. The third kappa shape index (κ3) is 5.11. The highest BCUT2D eigenvalue weighted by molar-refractivity contribution is 7.89. The minimum atomic E-state index is -3.72. The van der Waals surface area contributed by atoms with Crippen LogP contribution in [0.2, 0.25) is 0 Å². The molecule has 28 heavy (non-hydrogen) atoms. The Balaban J connectivity index is 2.23. The van der Waals surface area contributed by atoms with Gasteiger partial charge in [0.25, 0.3) is 0 Å². The molecule has 150 valence electrons. The van der Waals surface area contributed by atoms with Gasteiger partial charge >= 0.3 is 0 Å². The van der Waals surface area contributed by atoms with Crippen LogP contribution >= 0.6 is 0 Å². The number of hydrogen-bond acceptors (Lipinski definition) is 5. The Kier molecular flexibility index (Phi) is 7.19. The van der Waals surface area contributed by atoms with E-state index in [1.807, 2.05) is 31.2 Å². The number of nitrogens with one attached hydrogen (secondary N) is 1. The molecule has 0 unspecified atom stereocenters. The van der Waals surface area contributed by atoms with Gasteiger partial charge in [-0.1, -0.05) is 18.2 Å². The maximum Gasteiger partial charge on any atom is 0.248 e. The van der Waals surface area contributed by atoms with Gasteiger partial charge in [0.15, 0.2) is 0 Å². The fourth-order valence-corrected chi connectivity index (χ4v) is 3.48. The number of anilines is 1. The number of amides is 1. The van der Waals surface area contributed by atoms with E-state index in [2.05, 4.69) is 5.32 Å². The van der Waals surface area contributed by atoms with Gasteiger partial charge < -0.3 is 14.8 Å². The molecule has 0 radical (unpaired) electrons. The zero-order valence-corrected chi connectivity index (χ0v) is 17.1. The topological polar surface area (TPSA) is 84.9 Å². The molecule has 0 heterocycles. The van der Waals surface area contributed by atoms with E-state index in [1.54, 1.807) is 12.1 Å². The quantitative estimate of drug-likeness (QED) is 0.684. The van der Waals surface area contributed by atoms with Gasteiger partial charge in [-0.2, -0.15) is 0 Å². The Hall–Kier alpha value is -2.84. The average Bonchev–Trinajstić information content (AvgIpc) is 2.67. The molecule has 0 saturated carbocycles. The zero-order valence-electron chi connectivity index (χ0n) is 16.3. The van der Waals surface area contributed by atoms with Crippen LogP contribution in [0.5, 0.6) is 11.5 Å². The maximum absolute atomic E-state index is 12.5. The molecule has 0 spiro atoms. The molecule has 0 aliphatic carbocycles. The molecular formula is C20H24N2O5S. The molecule has 1 N–H and O–H groups in total. The number of carbonyl (C=O) groups excluding carboxylic acids is 1. The Labute approximate surface area is 165 Å². The molecule has 0 atom stereocenters. The summed E-state index contributed by atoms with van der Waals surface area (Å²) in [6.45, 7) is 2.41. The van der Waals surface area contributed by atoms with Gasteiger partial charge in [-0.3, -0.25) is 4.79 Å². The summed E-state index contributed by atoms with van der Waals surface area (Å²) >= 11 is 0. The number of sulfonamides is 1. The van der Waals surface area contributed by atoms with Gasteiger partial charge in [0.1, 0.15) is 16.4 Å². The lowest BCUT2D eigenvalue weighted by Gasteiger charge is -2.15. The Bertz CT molecular complexity index is 968. The Morgan fingerprint density at radius 2 is 1.86 bits per heavy atom. The molecule has 0 fully saturated rings. The number of rotatable bonds is 8. The first-order valence-corrected chi connectivity index (χ1v) is 10.0. The fourth-order valence-electron chi connectivity index (χ4n) is 2.41. The third-order valence-electron chi connectivity index (χ3n) is 3.82. The summed E-state index contributed by atoms with van der Waals surface area (Å²) < 4.78 is 36.7. The largest absolute Gasteiger partial charge is 0.495 e. The lowest BCUT2D eigenvalue weighted by atomic mass is 10.2. The number of para-hydroxylation sites is 1. The van der Waals surface area contributed by atoms with E-state index >= 15 is 0 Å². The van der Waals surface area contributed by atoms with Crippen molar-refractivity contribution >= 4 is 27.7 Å². The van der Waals surface area contributed by atoms with Crippen molar-refractivity contribution in [2.75, 3.05) is 33.1 Å². The highest BCUT2D eigenvalue weighted by Gasteiger charge is 2.22. The maximum atomic E-state index is 12.5. The summed E-state index contributed by atoms with van der Waals surface area (Å²) in [4.78, 5) is 12.2. The molecular weight excluding hydrogens is 380 g/mol. The minimum absolute atomic E-state index is 0.0246. The predicted molar refractivity (Wildman–Crippen MR) is 109 cm³/mol. The Morgan fingerprint density at radius 1 is 1.14 bits per heavy atom. The molecule has 8 heteroatoms. The van der Waals surface area contributed by atoms with Gasteiger partial charge in [-0.05, 0) is 37.3 Å². The van der Waals surface area contributed by atoms with E-state index in [0.29, 0.717) is 18.0 Å². The van der Waals surface area contributed by atoms with Crippen LogP contribution < -0.4 is 14.8 Å². The van der Waals surface area contributed by atoms with E-state index in [0.717, 1.165) is 9.87 Å². The van der Waals surface area contributed by atoms with Crippen molar-refractivity contribution < 1.29 is 22.7 Å². The van der Waals surface area contributed by atoms with Crippen molar-refractivity contribution in [1.82, 2.24) is 4.31 Å². The van der Waals surface area contributed by atoms with Crippen LogP contribution in [0, 0.1) is 0 Å². The minimum Gasteiger partial charge on any atom is -0.495 e. The monoisotopic (exact) mass is 404 g/mol. The van der Waals surface area contributed by atoms with Crippen LogP contribution in [-0.2, 0) is 14.8 Å². The van der Waals surface area contributed by atoms with Crippen LogP contribution in [0.3, 0.4) is 0 Å². The molecule has 0 bridgehead atoms. The number of methoxy groups -OCH3 is 1. The summed E-state index contributed by atoms with van der Waals surface area (Å²) in [6.07, 6.45) is 3.00. The predicted octanol–water partition coefficient (Wildman–Crippen LogP) is 3.00. The molecule has 2 rings (SSSR count). The smallest absolute Gasteiger partial charge is 0.248 e. The van der Waals surface area contributed by atoms with E-state index < -0.39 is 15.9 Å². The van der Waals surface area contributed by atoms with Gasteiger partial charge in [0, 0.05) is 31.4 Å². The SMILES string of the molecule is CCOc1ccccc1/C=C/C(=O)Nc1ccc(OC)c(S(=O)(=O)N(C)C)c1. The number of nitrogens with zero attached hydrogens (tertiary/aromatic N) is 1. The molecule has 0 aliphatic rings. The second kappa shape index (κ2) is 9.38. The fraction of sp³-hybridized carbons (Fsp3) is 0.250. The molecule has 2 aromatic rings. The number of hydrogen-bond donors (Lipinski definition) is 1. The molecule has 2 aromatic carbocycles. The van der Waals surface area contributed by atoms with Crippen LogP contribution in [0.4, 0.5) is 5.69 Å². The molecule has 1 amide bonds. The van der Waals surface area contributed by atoms with E-state index in [1.165, 1.54) is 39.4 Å². The van der Waals surface area contributed by atoms with Gasteiger partial charge in [-0.15, -0.1) is 0 Å². The summed E-state index contributed by atoms with van der Waals surface area (Å²) in [5.74, 6) is 0.482. The van der Waals surface area contributed by atoms with Gasteiger partial charge in [0.05, 0.1) is 13.7 Å². The van der Waals surface area contributed by atoms with Crippen LogP contribution in [0.25, 0.3) is 6.08 Å². The molecule has 0 saturated heterocycles. The van der Waals surface area contributed by atoms with Gasteiger partial charge in [-0.25, -0.2) is 12.7 Å². The summed E-state index contributed by atoms with van der Waals surface area (Å²) in [6, 6.07) is 11.8. The lowest BCUT2D eigenvalue weighted by molar-refractivity contribution is -0.111. The first-order chi connectivity index (χ1) is 13.3. The average molecular weight is 404 g/mol. The highest BCUT2D eigenvalue weighted by Crippen LogP contribution is 2.29. The number of carbonyl (C=O) groups is 1. The number of benzene rings is 2.